The monoisotopic (exact) mass is 312 g/mol. The maximum atomic E-state index is 5.75. The number of ether oxygens (including phenoxy) is 1. The van der Waals surface area contributed by atoms with Crippen LogP contribution in [-0.2, 0) is 6.54 Å². The Kier molecular flexibility index (Phi) is 7.34. The lowest BCUT2D eigenvalue weighted by molar-refractivity contribution is 0.245. The highest BCUT2D eigenvalue weighted by Crippen LogP contribution is 2.21. The van der Waals surface area contributed by atoms with Gasteiger partial charge in [-0.25, -0.2) is 0 Å². The molecule has 0 fully saturated rings. The number of hydrogen-bond donors (Lipinski definition) is 1. The fourth-order valence-electron chi connectivity index (χ4n) is 2.00. The van der Waals surface area contributed by atoms with E-state index in [0.717, 1.165) is 17.9 Å². The summed E-state index contributed by atoms with van der Waals surface area (Å²) >= 11 is 6.97. The van der Waals surface area contributed by atoms with Crippen molar-refractivity contribution >= 4 is 29.0 Å². The SMILES string of the molecule is COc1ccc(CN(C)C(C)CCSC)cc1C(N)=S. The lowest BCUT2D eigenvalue weighted by atomic mass is 10.1. The van der Waals surface area contributed by atoms with Crippen molar-refractivity contribution in [2.24, 2.45) is 5.73 Å². The van der Waals surface area contributed by atoms with Crippen molar-refractivity contribution in [3.63, 3.8) is 0 Å². The highest BCUT2D eigenvalue weighted by atomic mass is 32.2. The van der Waals surface area contributed by atoms with Gasteiger partial charge < -0.3 is 10.5 Å². The Labute approximate surface area is 131 Å². The van der Waals surface area contributed by atoms with E-state index in [1.54, 1.807) is 7.11 Å². The van der Waals surface area contributed by atoms with Crippen molar-refractivity contribution in [1.29, 1.82) is 0 Å². The van der Waals surface area contributed by atoms with Gasteiger partial charge in [0.15, 0.2) is 0 Å². The third-order valence-corrected chi connectivity index (χ3v) is 4.32. The third-order valence-electron chi connectivity index (χ3n) is 3.45. The summed E-state index contributed by atoms with van der Waals surface area (Å²) < 4.78 is 5.28. The molecule has 0 heterocycles. The van der Waals surface area contributed by atoms with Gasteiger partial charge in [0.25, 0.3) is 0 Å². The molecule has 2 N–H and O–H groups in total. The average molecular weight is 313 g/mol. The smallest absolute Gasteiger partial charge is 0.129 e. The van der Waals surface area contributed by atoms with E-state index in [2.05, 4.69) is 31.2 Å². The Morgan fingerprint density at radius 2 is 2.20 bits per heavy atom. The van der Waals surface area contributed by atoms with E-state index in [-0.39, 0.29) is 0 Å². The average Bonchev–Trinajstić information content (AvgIpc) is 2.44. The third kappa shape index (κ3) is 4.96. The lowest BCUT2D eigenvalue weighted by Crippen LogP contribution is -2.29. The number of methoxy groups -OCH3 is 1. The van der Waals surface area contributed by atoms with E-state index in [9.17, 15) is 0 Å². The fraction of sp³-hybridized carbons (Fsp3) is 0.533. The molecule has 0 aromatic heterocycles. The standard InChI is InChI=1S/C15H24N2OS2/c1-11(7-8-20-4)17(2)10-12-5-6-14(18-3)13(9-12)15(16)19/h5-6,9,11H,7-8,10H2,1-4H3,(H2,16,19). The van der Waals surface area contributed by atoms with Crippen LogP contribution >= 0.6 is 24.0 Å². The molecular weight excluding hydrogens is 288 g/mol. The summed E-state index contributed by atoms with van der Waals surface area (Å²) in [4.78, 5) is 2.73. The van der Waals surface area contributed by atoms with Gasteiger partial charge in [-0.3, -0.25) is 4.90 Å². The van der Waals surface area contributed by atoms with E-state index in [1.165, 1.54) is 17.7 Å². The second-order valence-electron chi connectivity index (χ2n) is 4.94. The van der Waals surface area contributed by atoms with Crippen molar-refractivity contribution in [2.45, 2.75) is 25.9 Å². The first-order valence-electron chi connectivity index (χ1n) is 6.65. The molecule has 0 saturated heterocycles. The van der Waals surface area contributed by atoms with Gasteiger partial charge in [0.2, 0.25) is 0 Å². The Morgan fingerprint density at radius 1 is 1.50 bits per heavy atom. The molecule has 0 aliphatic heterocycles. The molecule has 0 aliphatic rings. The molecule has 0 aliphatic carbocycles. The minimum Gasteiger partial charge on any atom is -0.496 e. The first-order chi connectivity index (χ1) is 9.49. The summed E-state index contributed by atoms with van der Waals surface area (Å²) in [6.07, 6.45) is 3.33. The molecule has 112 valence electrons. The molecule has 20 heavy (non-hydrogen) atoms. The Balaban J connectivity index is 2.77. The molecule has 1 aromatic carbocycles. The second-order valence-corrected chi connectivity index (χ2v) is 6.37. The summed E-state index contributed by atoms with van der Waals surface area (Å²) in [5.74, 6) is 1.92. The zero-order chi connectivity index (χ0) is 15.1. The molecule has 1 unspecified atom stereocenters. The molecule has 1 rings (SSSR count). The van der Waals surface area contributed by atoms with E-state index >= 15 is 0 Å². The maximum absolute atomic E-state index is 5.75. The van der Waals surface area contributed by atoms with E-state index in [4.69, 9.17) is 22.7 Å². The normalized spacial score (nSPS) is 12.4. The van der Waals surface area contributed by atoms with Crippen LogP contribution in [0, 0.1) is 0 Å². The fourth-order valence-corrected chi connectivity index (χ4v) is 2.73. The van der Waals surface area contributed by atoms with Gasteiger partial charge in [0.05, 0.1) is 12.7 Å². The van der Waals surface area contributed by atoms with Gasteiger partial charge in [-0.1, -0.05) is 18.3 Å². The molecule has 0 radical (unpaired) electrons. The second kappa shape index (κ2) is 8.49. The molecule has 0 saturated carbocycles. The van der Waals surface area contributed by atoms with Gasteiger partial charge in [-0.15, -0.1) is 0 Å². The number of thiocarbonyl (C=S) groups is 1. The number of nitrogens with zero attached hydrogens (tertiary/aromatic N) is 1. The van der Waals surface area contributed by atoms with Crippen LogP contribution in [0.15, 0.2) is 18.2 Å². The number of hydrogen-bond acceptors (Lipinski definition) is 4. The summed E-state index contributed by atoms with van der Waals surface area (Å²) in [6, 6.07) is 6.58. The maximum Gasteiger partial charge on any atom is 0.129 e. The van der Waals surface area contributed by atoms with E-state index < -0.39 is 0 Å². The molecule has 0 bridgehead atoms. The Morgan fingerprint density at radius 3 is 2.75 bits per heavy atom. The van der Waals surface area contributed by atoms with Crippen molar-refractivity contribution < 1.29 is 4.74 Å². The Bertz CT molecular complexity index is 451. The van der Waals surface area contributed by atoms with Gasteiger partial charge >= 0.3 is 0 Å². The van der Waals surface area contributed by atoms with Crippen LogP contribution in [-0.4, -0.2) is 42.1 Å². The predicted octanol–water partition coefficient (Wildman–Crippen LogP) is 2.90. The zero-order valence-electron chi connectivity index (χ0n) is 12.7. The summed E-state index contributed by atoms with van der Waals surface area (Å²) in [7, 11) is 3.78. The number of nitrogens with two attached hydrogens (primary N) is 1. The van der Waals surface area contributed by atoms with Gasteiger partial charge in [-0.2, -0.15) is 11.8 Å². The molecule has 3 nitrogen and oxygen atoms in total. The van der Waals surface area contributed by atoms with Crippen LogP contribution in [0.2, 0.25) is 0 Å². The molecule has 1 atom stereocenters. The first-order valence-corrected chi connectivity index (χ1v) is 8.45. The van der Waals surface area contributed by atoms with Crippen molar-refractivity contribution in [3.05, 3.63) is 29.3 Å². The van der Waals surface area contributed by atoms with Gasteiger partial charge in [0.1, 0.15) is 10.7 Å². The highest BCUT2D eigenvalue weighted by Gasteiger charge is 2.12. The van der Waals surface area contributed by atoms with Gasteiger partial charge in [0, 0.05) is 12.6 Å². The minimum atomic E-state index is 0.377. The van der Waals surface area contributed by atoms with Gasteiger partial charge in [-0.05, 0) is 50.1 Å². The van der Waals surface area contributed by atoms with E-state index in [1.807, 2.05) is 23.9 Å². The summed E-state index contributed by atoms with van der Waals surface area (Å²) in [6.45, 7) is 3.14. The van der Waals surface area contributed by atoms with Crippen LogP contribution in [0.5, 0.6) is 5.75 Å². The van der Waals surface area contributed by atoms with Crippen LogP contribution in [0.25, 0.3) is 0 Å². The summed E-state index contributed by atoms with van der Waals surface area (Å²) in [5.41, 5.74) is 7.76. The number of thioether (sulfide) groups is 1. The lowest BCUT2D eigenvalue weighted by Gasteiger charge is -2.25. The van der Waals surface area contributed by atoms with Crippen molar-refractivity contribution in [2.75, 3.05) is 26.2 Å². The van der Waals surface area contributed by atoms with Crippen LogP contribution in [0.1, 0.15) is 24.5 Å². The van der Waals surface area contributed by atoms with Crippen molar-refractivity contribution in [1.82, 2.24) is 4.90 Å². The van der Waals surface area contributed by atoms with Crippen molar-refractivity contribution in [3.8, 4) is 5.75 Å². The number of benzene rings is 1. The van der Waals surface area contributed by atoms with Crippen LogP contribution < -0.4 is 10.5 Å². The first kappa shape index (κ1) is 17.3. The van der Waals surface area contributed by atoms with E-state index in [0.29, 0.717) is 11.0 Å². The molecule has 0 spiro atoms. The molecule has 5 heteroatoms. The molecular formula is C15H24N2OS2. The molecule has 0 amide bonds. The quantitative estimate of drug-likeness (QED) is 0.747. The topological polar surface area (TPSA) is 38.5 Å². The van der Waals surface area contributed by atoms with Crippen LogP contribution in [0.4, 0.5) is 0 Å². The molecule has 1 aromatic rings. The zero-order valence-corrected chi connectivity index (χ0v) is 14.3. The largest absolute Gasteiger partial charge is 0.496 e. The highest BCUT2D eigenvalue weighted by molar-refractivity contribution is 7.98. The van der Waals surface area contributed by atoms with Crippen LogP contribution in [0.3, 0.4) is 0 Å². The number of rotatable bonds is 8. The Hall–Kier alpha value is -0.780. The minimum absolute atomic E-state index is 0.377. The summed E-state index contributed by atoms with van der Waals surface area (Å²) in [5, 5.41) is 0. The predicted molar refractivity (Wildman–Crippen MR) is 92.8 cm³/mol.